The number of hydrogen-bond acceptors (Lipinski definition) is 3. The Morgan fingerprint density at radius 1 is 1.53 bits per heavy atom. The van der Waals surface area contributed by atoms with E-state index in [0.29, 0.717) is 31.4 Å². The van der Waals surface area contributed by atoms with Gasteiger partial charge in [-0.25, -0.2) is 4.39 Å². The molecule has 0 bridgehead atoms. The molecule has 1 unspecified atom stereocenters. The number of aliphatic hydroxyl groups excluding tert-OH is 1. The van der Waals surface area contributed by atoms with Crippen LogP contribution in [0.4, 0.5) is 4.39 Å². The summed E-state index contributed by atoms with van der Waals surface area (Å²) in [4.78, 5) is 0. The van der Waals surface area contributed by atoms with Crippen molar-refractivity contribution in [2.24, 2.45) is 0 Å². The Morgan fingerprint density at radius 3 is 3.06 bits per heavy atom. The molecule has 1 aliphatic carbocycles. The predicted molar refractivity (Wildman–Crippen MR) is 61.7 cm³/mol. The van der Waals surface area contributed by atoms with Crippen LogP contribution in [0, 0.1) is 17.1 Å². The Kier molecular flexibility index (Phi) is 3.41. The molecule has 2 rings (SSSR count). The van der Waals surface area contributed by atoms with E-state index in [2.05, 4.69) is 11.4 Å². The number of aliphatic hydroxyl groups is 1. The molecular weight excluding hydrogens is 219 g/mol. The van der Waals surface area contributed by atoms with Gasteiger partial charge in [-0.1, -0.05) is 12.1 Å². The number of fused-ring (bicyclic) bond motifs is 1. The molecule has 2 N–H and O–H groups in total. The van der Waals surface area contributed by atoms with Gasteiger partial charge in [-0.3, -0.25) is 5.32 Å². The monoisotopic (exact) mass is 234 g/mol. The zero-order valence-corrected chi connectivity index (χ0v) is 9.54. The van der Waals surface area contributed by atoms with Crippen LogP contribution in [-0.2, 0) is 12.0 Å². The van der Waals surface area contributed by atoms with E-state index in [0.717, 1.165) is 5.56 Å². The fourth-order valence-corrected chi connectivity index (χ4v) is 2.38. The molecule has 1 atom stereocenters. The average molecular weight is 234 g/mol. The number of halogens is 1. The molecule has 0 radical (unpaired) electrons. The van der Waals surface area contributed by atoms with Gasteiger partial charge in [-0.05, 0) is 43.0 Å². The maximum atomic E-state index is 13.6. The standard InChI is InChI=1S/C13H15FN2O/c14-12-4-1-3-11-10(12)5-6-13(11,9-15)16-7-2-8-17/h1,3-4,16-17H,2,5-8H2. The van der Waals surface area contributed by atoms with Crippen LogP contribution in [0.25, 0.3) is 0 Å². The van der Waals surface area contributed by atoms with Crippen molar-refractivity contribution in [3.05, 3.63) is 35.1 Å². The molecule has 90 valence electrons. The summed E-state index contributed by atoms with van der Waals surface area (Å²) >= 11 is 0. The topological polar surface area (TPSA) is 56.0 Å². The summed E-state index contributed by atoms with van der Waals surface area (Å²) in [6, 6.07) is 7.14. The average Bonchev–Trinajstić information content (AvgIpc) is 2.71. The maximum Gasteiger partial charge on any atom is 0.132 e. The zero-order valence-electron chi connectivity index (χ0n) is 9.54. The number of nitrogens with one attached hydrogen (secondary N) is 1. The van der Waals surface area contributed by atoms with Crippen molar-refractivity contribution in [1.29, 1.82) is 5.26 Å². The minimum Gasteiger partial charge on any atom is -0.396 e. The number of benzene rings is 1. The molecule has 0 fully saturated rings. The highest BCUT2D eigenvalue weighted by atomic mass is 19.1. The smallest absolute Gasteiger partial charge is 0.132 e. The third-order valence-electron chi connectivity index (χ3n) is 3.28. The van der Waals surface area contributed by atoms with Gasteiger partial charge in [0, 0.05) is 6.61 Å². The van der Waals surface area contributed by atoms with Crippen LogP contribution < -0.4 is 5.32 Å². The molecular formula is C13H15FN2O. The highest BCUT2D eigenvalue weighted by molar-refractivity contribution is 5.44. The summed E-state index contributed by atoms with van der Waals surface area (Å²) in [5.41, 5.74) is 0.607. The van der Waals surface area contributed by atoms with Gasteiger partial charge < -0.3 is 5.11 Å². The van der Waals surface area contributed by atoms with Crippen LogP contribution in [0.5, 0.6) is 0 Å². The number of nitrogens with zero attached hydrogens (tertiary/aromatic N) is 1. The van der Waals surface area contributed by atoms with Crippen LogP contribution in [-0.4, -0.2) is 18.3 Å². The molecule has 3 nitrogen and oxygen atoms in total. The van der Waals surface area contributed by atoms with Crippen molar-refractivity contribution in [3.63, 3.8) is 0 Å². The Labute approximate surface area is 99.9 Å². The number of rotatable bonds is 4. The first-order chi connectivity index (χ1) is 8.23. The van der Waals surface area contributed by atoms with E-state index in [1.807, 2.05) is 0 Å². The quantitative estimate of drug-likeness (QED) is 0.775. The first kappa shape index (κ1) is 12.0. The van der Waals surface area contributed by atoms with Gasteiger partial charge in [0.05, 0.1) is 6.07 Å². The SMILES string of the molecule is N#CC1(NCCCO)CCc2c(F)cccc21. The molecule has 17 heavy (non-hydrogen) atoms. The summed E-state index contributed by atoms with van der Waals surface area (Å²) in [6.45, 7) is 0.643. The van der Waals surface area contributed by atoms with Crippen LogP contribution in [0.1, 0.15) is 24.0 Å². The minimum absolute atomic E-state index is 0.0878. The molecule has 0 spiro atoms. The summed E-state index contributed by atoms with van der Waals surface area (Å²) in [7, 11) is 0. The zero-order chi connectivity index (χ0) is 12.3. The Balaban J connectivity index is 2.28. The molecule has 0 heterocycles. The summed E-state index contributed by atoms with van der Waals surface area (Å²) in [6.07, 6.45) is 1.76. The van der Waals surface area contributed by atoms with E-state index in [4.69, 9.17) is 5.11 Å². The van der Waals surface area contributed by atoms with Crippen molar-refractivity contribution < 1.29 is 9.50 Å². The molecule has 0 amide bonds. The second-order valence-electron chi connectivity index (χ2n) is 4.29. The maximum absolute atomic E-state index is 13.6. The molecule has 1 aromatic rings. The normalized spacial score (nSPS) is 22.2. The van der Waals surface area contributed by atoms with Crippen molar-refractivity contribution in [3.8, 4) is 6.07 Å². The van der Waals surface area contributed by atoms with Gasteiger partial charge in [-0.15, -0.1) is 0 Å². The molecule has 4 heteroatoms. The van der Waals surface area contributed by atoms with Crippen molar-refractivity contribution in [1.82, 2.24) is 5.32 Å². The molecule has 0 saturated carbocycles. The first-order valence-corrected chi connectivity index (χ1v) is 5.78. The Morgan fingerprint density at radius 2 is 2.35 bits per heavy atom. The van der Waals surface area contributed by atoms with Gasteiger partial charge in [0.2, 0.25) is 0 Å². The first-order valence-electron chi connectivity index (χ1n) is 5.78. The largest absolute Gasteiger partial charge is 0.396 e. The van der Waals surface area contributed by atoms with Gasteiger partial charge in [0.25, 0.3) is 0 Å². The molecule has 0 aromatic heterocycles. The second-order valence-corrected chi connectivity index (χ2v) is 4.29. The van der Waals surface area contributed by atoms with Crippen molar-refractivity contribution in [2.45, 2.75) is 24.8 Å². The molecule has 0 saturated heterocycles. The summed E-state index contributed by atoms with van der Waals surface area (Å²) < 4.78 is 13.6. The highest BCUT2D eigenvalue weighted by Crippen LogP contribution is 2.37. The van der Waals surface area contributed by atoms with E-state index in [-0.39, 0.29) is 12.4 Å². The van der Waals surface area contributed by atoms with Crippen LogP contribution in [0.2, 0.25) is 0 Å². The molecule has 1 aliphatic rings. The lowest BCUT2D eigenvalue weighted by atomic mass is 9.93. The minimum atomic E-state index is -0.785. The van der Waals surface area contributed by atoms with E-state index >= 15 is 0 Å². The van der Waals surface area contributed by atoms with Gasteiger partial charge in [0.1, 0.15) is 11.4 Å². The van der Waals surface area contributed by atoms with Gasteiger partial charge in [-0.2, -0.15) is 5.26 Å². The second kappa shape index (κ2) is 4.82. The fourth-order valence-electron chi connectivity index (χ4n) is 2.38. The number of hydrogen-bond donors (Lipinski definition) is 2. The fraction of sp³-hybridized carbons (Fsp3) is 0.462. The van der Waals surface area contributed by atoms with E-state index in [1.54, 1.807) is 12.1 Å². The summed E-state index contributed by atoms with van der Waals surface area (Å²) in [5, 5.41) is 21.3. The lowest BCUT2D eigenvalue weighted by Crippen LogP contribution is -2.40. The van der Waals surface area contributed by atoms with E-state index in [9.17, 15) is 9.65 Å². The lowest BCUT2D eigenvalue weighted by molar-refractivity contribution is 0.278. The number of nitriles is 1. The lowest BCUT2D eigenvalue weighted by Gasteiger charge is -2.23. The Bertz CT molecular complexity index is 455. The van der Waals surface area contributed by atoms with Gasteiger partial charge >= 0.3 is 0 Å². The van der Waals surface area contributed by atoms with Crippen LogP contribution in [0.15, 0.2) is 18.2 Å². The molecule has 0 aliphatic heterocycles. The third kappa shape index (κ3) is 2.04. The third-order valence-corrected chi connectivity index (χ3v) is 3.28. The Hall–Kier alpha value is -1.44. The van der Waals surface area contributed by atoms with Gasteiger partial charge in [0.15, 0.2) is 0 Å². The van der Waals surface area contributed by atoms with E-state index < -0.39 is 5.54 Å². The molecule has 1 aromatic carbocycles. The predicted octanol–water partition coefficient (Wildman–Crippen LogP) is 1.46. The highest BCUT2D eigenvalue weighted by Gasteiger charge is 2.39. The van der Waals surface area contributed by atoms with Crippen LogP contribution in [0.3, 0.4) is 0 Å². The van der Waals surface area contributed by atoms with Crippen molar-refractivity contribution >= 4 is 0 Å². The summed E-state index contributed by atoms with van der Waals surface area (Å²) in [5.74, 6) is -0.233. The van der Waals surface area contributed by atoms with Crippen LogP contribution >= 0.6 is 0 Å². The van der Waals surface area contributed by atoms with Crippen molar-refractivity contribution in [2.75, 3.05) is 13.2 Å². The van der Waals surface area contributed by atoms with E-state index in [1.165, 1.54) is 6.07 Å².